The van der Waals surface area contributed by atoms with Crippen molar-refractivity contribution >= 4 is 28.6 Å². The Morgan fingerprint density at radius 2 is 1.67 bits per heavy atom. The maximum Gasteiger partial charge on any atom is 0.272 e. The van der Waals surface area contributed by atoms with Crippen LogP contribution in [-0.2, 0) is 4.79 Å². The van der Waals surface area contributed by atoms with E-state index in [1.54, 1.807) is 30.5 Å². The second kappa shape index (κ2) is 10.5. The van der Waals surface area contributed by atoms with Crippen LogP contribution in [0.4, 0.5) is 0 Å². The maximum atomic E-state index is 13.8. The average molecular weight is 561 g/mol. The maximum absolute atomic E-state index is 13.8. The van der Waals surface area contributed by atoms with Gasteiger partial charge in [0.15, 0.2) is 0 Å². The van der Waals surface area contributed by atoms with Crippen molar-refractivity contribution in [3.63, 3.8) is 0 Å². The fourth-order valence-electron chi connectivity index (χ4n) is 5.98. The lowest BCUT2D eigenvalue weighted by molar-refractivity contribution is -0.138. The fourth-order valence-corrected chi connectivity index (χ4v) is 5.98. The van der Waals surface area contributed by atoms with E-state index in [1.165, 1.54) is 0 Å². The first-order chi connectivity index (χ1) is 20.1. The molecule has 3 atom stereocenters. The molecule has 0 saturated carbocycles. The number of fused-ring (bicyclic) bond motifs is 3. The third kappa shape index (κ3) is 5.00. The summed E-state index contributed by atoms with van der Waals surface area (Å²) in [6.45, 7) is 6.68. The van der Waals surface area contributed by atoms with Crippen molar-refractivity contribution < 1.29 is 14.4 Å². The minimum atomic E-state index is -0.726. The summed E-state index contributed by atoms with van der Waals surface area (Å²) >= 11 is 0. The van der Waals surface area contributed by atoms with Gasteiger partial charge in [-0.3, -0.25) is 19.4 Å². The van der Waals surface area contributed by atoms with Crippen molar-refractivity contribution in [2.75, 3.05) is 13.1 Å². The van der Waals surface area contributed by atoms with Crippen LogP contribution in [0.3, 0.4) is 0 Å². The molecule has 2 bridgehead atoms. The van der Waals surface area contributed by atoms with Crippen LogP contribution >= 0.6 is 0 Å². The highest BCUT2D eigenvalue weighted by Gasteiger charge is 2.50. The van der Waals surface area contributed by atoms with Crippen molar-refractivity contribution in [1.82, 2.24) is 25.1 Å². The number of piperazine rings is 1. The number of amides is 3. The number of nitrogens with one attached hydrogen (secondary N) is 2. The van der Waals surface area contributed by atoms with Crippen molar-refractivity contribution in [2.24, 2.45) is 5.41 Å². The Morgan fingerprint density at radius 3 is 2.29 bits per heavy atom. The van der Waals surface area contributed by atoms with Gasteiger partial charge >= 0.3 is 0 Å². The third-order valence-electron chi connectivity index (χ3n) is 8.28. The largest absolute Gasteiger partial charge is 0.351 e. The molecule has 0 aliphatic carbocycles. The van der Waals surface area contributed by atoms with Gasteiger partial charge in [0, 0.05) is 35.8 Å². The molecule has 2 aliphatic rings. The monoisotopic (exact) mass is 560 g/mol. The number of pyridine rings is 1. The number of hydrogen-bond donors (Lipinski definition) is 2. The molecular formula is C33H32N6O3. The number of rotatable bonds is 5. The van der Waals surface area contributed by atoms with Gasteiger partial charge in [0.25, 0.3) is 11.8 Å². The van der Waals surface area contributed by atoms with E-state index in [-0.39, 0.29) is 29.8 Å². The van der Waals surface area contributed by atoms with Gasteiger partial charge < -0.3 is 20.1 Å². The zero-order chi connectivity index (χ0) is 29.6. The summed E-state index contributed by atoms with van der Waals surface area (Å²) in [5.41, 5.74) is 3.48. The summed E-state index contributed by atoms with van der Waals surface area (Å²) in [5, 5.41) is 12.9. The van der Waals surface area contributed by atoms with Crippen LogP contribution in [0, 0.1) is 16.7 Å². The zero-order valence-corrected chi connectivity index (χ0v) is 23.8. The normalized spacial score (nSPS) is 18.6. The van der Waals surface area contributed by atoms with Gasteiger partial charge in [0.1, 0.15) is 17.4 Å². The molecule has 2 N–H and O–H groups in total. The smallest absolute Gasteiger partial charge is 0.272 e. The molecule has 6 rings (SSSR count). The predicted octanol–water partition coefficient (Wildman–Crippen LogP) is 4.37. The Balaban J connectivity index is 1.12. The quantitative estimate of drug-likeness (QED) is 0.375. The number of H-pyrrole nitrogens is 1. The van der Waals surface area contributed by atoms with Crippen molar-refractivity contribution in [3.05, 3.63) is 89.9 Å². The van der Waals surface area contributed by atoms with Gasteiger partial charge in [0.2, 0.25) is 5.91 Å². The van der Waals surface area contributed by atoms with Crippen LogP contribution in [0.25, 0.3) is 22.0 Å². The molecule has 9 heteroatoms. The molecule has 42 heavy (non-hydrogen) atoms. The molecule has 2 aliphatic heterocycles. The minimum Gasteiger partial charge on any atom is -0.351 e. The van der Waals surface area contributed by atoms with Crippen LogP contribution in [0.15, 0.2) is 72.9 Å². The number of carbonyl (C=O) groups is 3. The van der Waals surface area contributed by atoms with Crippen LogP contribution in [0.5, 0.6) is 0 Å². The van der Waals surface area contributed by atoms with E-state index in [0.717, 1.165) is 22.0 Å². The van der Waals surface area contributed by atoms with E-state index in [0.29, 0.717) is 36.5 Å². The molecule has 4 heterocycles. The predicted molar refractivity (Wildman–Crippen MR) is 158 cm³/mol. The number of hydrogen-bond acceptors (Lipinski definition) is 5. The first-order valence-corrected chi connectivity index (χ1v) is 14.1. The molecular weight excluding hydrogens is 528 g/mol. The second-order valence-electron chi connectivity index (χ2n) is 12.2. The SMILES string of the molecule is CC(C)(C)[C@H](NC(=O)c1cc2ccccc2[nH]1)C(=O)N1C[C@@H]2CC1CN2C(=O)c1ccc(-c2ccc(C#N)cc2)cn1. The number of nitrogens with zero attached hydrogens (tertiary/aromatic N) is 4. The molecule has 1 unspecified atom stereocenters. The van der Waals surface area contributed by atoms with Crippen molar-refractivity contribution in [3.8, 4) is 17.2 Å². The summed E-state index contributed by atoms with van der Waals surface area (Å²) in [6.07, 6.45) is 2.37. The Labute approximate surface area is 244 Å². The van der Waals surface area contributed by atoms with Crippen molar-refractivity contribution in [2.45, 2.75) is 45.3 Å². The highest BCUT2D eigenvalue weighted by atomic mass is 16.2. The van der Waals surface area contributed by atoms with Crippen LogP contribution < -0.4 is 5.32 Å². The van der Waals surface area contributed by atoms with Gasteiger partial charge in [-0.25, -0.2) is 0 Å². The second-order valence-corrected chi connectivity index (χ2v) is 12.2. The van der Waals surface area contributed by atoms with E-state index >= 15 is 0 Å². The van der Waals surface area contributed by atoms with Gasteiger partial charge in [-0.2, -0.15) is 5.26 Å². The first-order valence-electron chi connectivity index (χ1n) is 14.1. The molecule has 0 spiro atoms. The third-order valence-corrected chi connectivity index (χ3v) is 8.28. The summed E-state index contributed by atoms with van der Waals surface area (Å²) in [4.78, 5) is 51.6. The Morgan fingerprint density at radius 1 is 0.976 bits per heavy atom. The van der Waals surface area contributed by atoms with E-state index in [4.69, 9.17) is 5.26 Å². The summed E-state index contributed by atoms with van der Waals surface area (Å²) in [7, 11) is 0. The number of para-hydroxylation sites is 1. The zero-order valence-electron chi connectivity index (χ0n) is 23.8. The Bertz CT molecular complexity index is 1680. The highest BCUT2D eigenvalue weighted by molar-refractivity contribution is 6.00. The molecule has 2 fully saturated rings. The van der Waals surface area contributed by atoms with Crippen LogP contribution in [0.2, 0.25) is 0 Å². The number of carbonyl (C=O) groups excluding carboxylic acids is 3. The topological polar surface area (TPSA) is 122 Å². The van der Waals surface area contributed by atoms with Gasteiger partial charge in [-0.05, 0) is 47.7 Å². The summed E-state index contributed by atoms with van der Waals surface area (Å²) < 4.78 is 0. The molecule has 9 nitrogen and oxygen atoms in total. The standard InChI is InChI=1S/C33H32N6O3/c1-33(2,3)29(37-30(40)28-14-22-6-4-5-7-26(22)36-28)32(42)39-19-24-15-25(39)18-38(24)31(41)27-13-12-23(17-35-27)21-10-8-20(16-34)9-11-21/h4-14,17,24-25,29,36H,15,18-19H2,1-3H3,(H,37,40)/t24-,25?,29+/m0/s1. The lowest BCUT2D eigenvalue weighted by atomic mass is 9.85. The van der Waals surface area contributed by atoms with Crippen LogP contribution in [-0.4, -0.2) is 68.7 Å². The van der Waals surface area contributed by atoms with Gasteiger partial charge in [0.05, 0.1) is 23.7 Å². The van der Waals surface area contributed by atoms with Gasteiger partial charge in [-0.1, -0.05) is 57.2 Å². The molecule has 4 aromatic rings. The lowest BCUT2D eigenvalue weighted by Gasteiger charge is -2.39. The molecule has 2 aromatic carbocycles. The summed E-state index contributed by atoms with van der Waals surface area (Å²) in [6, 6.07) is 21.4. The molecule has 0 radical (unpaired) electrons. The number of nitriles is 1. The van der Waals surface area contributed by atoms with Crippen molar-refractivity contribution in [1.29, 1.82) is 5.26 Å². The number of likely N-dealkylation sites (tertiary alicyclic amines) is 2. The van der Waals surface area contributed by atoms with E-state index in [2.05, 4.69) is 21.4 Å². The Kier molecular flexibility index (Phi) is 6.77. The van der Waals surface area contributed by atoms with E-state index in [9.17, 15) is 14.4 Å². The average Bonchev–Trinajstić information content (AvgIpc) is 3.73. The number of aromatic nitrogens is 2. The molecule has 2 aromatic heterocycles. The number of benzene rings is 2. The summed E-state index contributed by atoms with van der Waals surface area (Å²) in [5.74, 6) is -0.604. The minimum absolute atomic E-state index is 0.100. The highest BCUT2D eigenvalue weighted by Crippen LogP contribution is 2.34. The van der Waals surface area contributed by atoms with Crippen LogP contribution in [0.1, 0.15) is 53.7 Å². The fraction of sp³-hybridized carbons (Fsp3) is 0.303. The number of aromatic amines is 1. The first kappa shape index (κ1) is 27.2. The lowest BCUT2D eigenvalue weighted by Crippen LogP contribution is -2.59. The van der Waals surface area contributed by atoms with Gasteiger partial charge in [-0.15, -0.1) is 0 Å². The molecule has 212 valence electrons. The Hall–Kier alpha value is -4.97. The molecule has 2 saturated heterocycles. The molecule has 3 amide bonds. The van der Waals surface area contributed by atoms with E-state index in [1.807, 2.05) is 73.0 Å². The van der Waals surface area contributed by atoms with E-state index < -0.39 is 11.5 Å².